The first-order valence-electron chi connectivity index (χ1n) is 19.8. The van der Waals surface area contributed by atoms with Crippen molar-refractivity contribution in [1.82, 2.24) is 0 Å². The predicted molar refractivity (Wildman–Crippen MR) is 245 cm³/mol. The number of rotatable bonds is 7. The van der Waals surface area contributed by atoms with Gasteiger partial charge >= 0.3 is 0 Å². The van der Waals surface area contributed by atoms with Crippen LogP contribution in [0.1, 0.15) is 0 Å². The normalized spacial score (nSPS) is 11.4. The molecule has 0 aliphatic carbocycles. The average molecular weight is 740 g/mol. The summed E-state index contributed by atoms with van der Waals surface area (Å²) in [5.74, 6) is 0. The van der Waals surface area contributed by atoms with Crippen molar-refractivity contribution in [2.24, 2.45) is 0 Å². The third kappa shape index (κ3) is 5.82. The van der Waals surface area contributed by atoms with Gasteiger partial charge in [-0.15, -0.1) is 0 Å². The van der Waals surface area contributed by atoms with E-state index in [1.165, 1.54) is 49.4 Å². The topological polar surface area (TPSA) is 16.4 Å². The molecule has 0 saturated carbocycles. The maximum absolute atomic E-state index is 6.39. The molecule has 10 aromatic carbocycles. The molecule has 0 unspecified atom stereocenters. The summed E-state index contributed by atoms with van der Waals surface area (Å²) in [5.41, 5.74) is 14.4. The SMILES string of the molecule is c1ccc(N(c2ccc(-c3ccc(-c4cccc5ccccc45)cc3)cc2)c2ccccc2-c2cccc3oc4ccccc4c23)c(-c2ccc3ccccc3c2)c1. The maximum atomic E-state index is 6.39. The van der Waals surface area contributed by atoms with Crippen molar-refractivity contribution in [2.45, 2.75) is 0 Å². The maximum Gasteiger partial charge on any atom is 0.136 e. The van der Waals surface area contributed by atoms with Crippen LogP contribution < -0.4 is 4.90 Å². The Morgan fingerprint density at radius 2 is 0.810 bits per heavy atom. The zero-order chi connectivity index (χ0) is 38.4. The number of hydrogen-bond acceptors (Lipinski definition) is 2. The second kappa shape index (κ2) is 14.1. The van der Waals surface area contributed by atoms with Crippen molar-refractivity contribution in [3.05, 3.63) is 224 Å². The molecular weight excluding hydrogens is 703 g/mol. The second-order valence-corrected chi connectivity index (χ2v) is 14.9. The highest BCUT2D eigenvalue weighted by Crippen LogP contribution is 2.47. The van der Waals surface area contributed by atoms with E-state index in [0.29, 0.717) is 0 Å². The van der Waals surface area contributed by atoms with Crippen LogP contribution >= 0.6 is 0 Å². The van der Waals surface area contributed by atoms with Gasteiger partial charge in [-0.05, 0) is 97.4 Å². The third-order valence-electron chi connectivity index (χ3n) is 11.5. The summed E-state index contributed by atoms with van der Waals surface area (Å²) in [5, 5.41) is 7.20. The van der Waals surface area contributed by atoms with Gasteiger partial charge in [0.2, 0.25) is 0 Å². The number of furan rings is 1. The second-order valence-electron chi connectivity index (χ2n) is 14.9. The van der Waals surface area contributed by atoms with Crippen LogP contribution in [-0.4, -0.2) is 0 Å². The highest BCUT2D eigenvalue weighted by Gasteiger charge is 2.22. The summed E-state index contributed by atoms with van der Waals surface area (Å²) < 4.78 is 6.39. The largest absolute Gasteiger partial charge is 0.456 e. The van der Waals surface area contributed by atoms with Crippen molar-refractivity contribution < 1.29 is 4.42 Å². The Morgan fingerprint density at radius 1 is 0.293 bits per heavy atom. The van der Waals surface area contributed by atoms with E-state index in [1.54, 1.807) is 0 Å². The fourth-order valence-electron chi connectivity index (χ4n) is 8.70. The smallest absolute Gasteiger partial charge is 0.136 e. The van der Waals surface area contributed by atoms with Crippen LogP contribution in [0.15, 0.2) is 229 Å². The number of hydrogen-bond donors (Lipinski definition) is 0. The van der Waals surface area contributed by atoms with Crippen molar-refractivity contribution in [2.75, 3.05) is 4.90 Å². The Hall–Kier alpha value is -7.68. The highest BCUT2D eigenvalue weighted by atomic mass is 16.3. The van der Waals surface area contributed by atoms with Crippen LogP contribution in [0.25, 0.3) is 88.0 Å². The van der Waals surface area contributed by atoms with Gasteiger partial charge in [0, 0.05) is 27.6 Å². The Labute approximate surface area is 337 Å². The summed E-state index contributed by atoms with van der Waals surface area (Å²) in [7, 11) is 0. The summed E-state index contributed by atoms with van der Waals surface area (Å²) in [4.78, 5) is 2.42. The first-order chi connectivity index (χ1) is 28.8. The molecule has 2 heteroatoms. The number of fused-ring (bicyclic) bond motifs is 5. The van der Waals surface area contributed by atoms with Crippen LogP contribution in [0.2, 0.25) is 0 Å². The quantitative estimate of drug-likeness (QED) is 0.162. The molecule has 1 aromatic heterocycles. The molecule has 0 radical (unpaired) electrons. The highest BCUT2D eigenvalue weighted by molar-refractivity contribution is 6.14. The molecule has 0 fully saturated rings. The van der Waals surface area contributed by atoms with Crippen molar-refractivity contribution in [3.8, 4) is 44.5 Å². The Kier molecular flexibility index (Phi) is 8.19. The molecule has 2 nitrogen and oxygen atoms in total. The van der Waals surface area contributed by atoms with Crippen LogP contribution in [0, 0.1) is 0 Å². The number of para-hydroxylation sites is 3. The lowest BCUT2D eigenvalue weighted by molar-refractivity contribution is 0.669. The standard InChI is InChI=1S/C56H37NO/c1-2-15-43-37-44(32-29-38(43)13-1)48-18-5-8-23-52(48)57(53-24-9-6-19-49(53)50-22-12-26-55-56(50)51-20-7-10-25-54(51)58-55)45-35-33-40(34-36-45)39-27-30-42(31-28-39)47-21-11-16-41-14-3-4-17-46(41)47/h1-37H. The minimum absolute atomic E-state index is 0.882. The number of anilines is 3. The lowest BCUT2D eigenvalue weighted by Crippen LogP contribution is -2.12. The monoisotopic (exact) mass is 739 g/mol. The zero-order valence-electron chi connectivity index (χ0n) is 31.7. The van der Waals surface area contributed by atoms with E-state index in [-0.39, 0.29) is 0 Å². The minimum atomic E-state index is 0.882. The fourth-order valence-corrected chi connectivity index (χ4v) is 8.70. The molecule has 0 spiro atoms. The molecule has 0 aliphatic heterocycles. The molecule has 0 bridgehead atoms. The molecule has 0 aliphatic rings. The van der Waals surface area contributed by atoms with Gasteiger partial charge in [-0.1, -0.05) is 182 Å². The predicted octanol–water partition coefficient (Wildman–Crippen LogP) is 16.0. The third-order valence-corrected chi connectivity index (χ3v) is 11.5. The lowest BCUT2D eigenvalue weighted by Gasteiger charge is -2.30. The molecule has 0 saturated heterocycles. The number of nitrogens with zero attached hydrogens (tertiary/aromatic N) is 1. The van der Waals surface area contributed by atoms with Crippen LogP contribution in [0.5, 0.6) is 0 Å². The average Bonchev–Trinajstić information content (AvgIpc) is 3.69. The number of benzene rings is 10. The van der Waals surface area contributed by atoms with E-state index in [4.69, 9.17) is 4.42 Å². The Bertz CT molecular complexity index is 3280. The van der Waals surface area contributed by atoms with Gasteiger partial charge in [-0.3, -0.25) is 0 Å². The van der Waals surface area contributed by atoms with Gasteiger partial charge in [-0.2, -0.15) is 0 Å². The fraction of sp³-hybridized carbons (Fsp3) is 0. The minimum Gasteiger partial charge on any atom is -0.456 e. The van der Waals surface area contributed by atoms with Crippen LogP contribution in [-0.2, 0) is 0 Å². The van der Waals surface area contributed by atoms with Gasteiger partial charge in [0.1, 0.15) is 11.2 Å². The van der Waals surface area contributed by atoms with Gasteiger partial charge in [0.15, 0.2) is 0 Å². The van der Waals surface area contributed by atoms with E-state index in [1.807, 2.05) is 6.07 Å². The summed E-state index contributed by atoms with van der Waals surface area (Å²) >= 11 is 0. The molecule has 0 N–H and O–H groups in total. The molecule has 1 heterocycles. The molecule has 272 valence electrons. The van der Waals surface area contributed by atoms with Crippen molar-refractivity contribution in [3.63, 3.8) is 0 Å². The van der Waals surface area contributed by atoms with E-state index < -0.39 is 0 Å². The van der Waals surface area contributed by atoms with E-state index in [9.17, 15) is 0 Å². The first kappa shape index (κ1) is 33.6. The molecule has 11 aromatic rings. The molecular formula is C56H37NO. The first-order valence-corrected chi connectivity index (χ1v) is 19.8. The summed E-state index contributed by atoms with van der Waals surface area (Å²) in [6.07, 6.45) is 0. The van der Waals surface area contributed by atoms with Crippen LogP contribution in [0.4, 0.5) is 17.1 Å². The van der Waals surface area contributed by atoms with Gasteiger partial charge in [-0.25, -0.2) is 0 Å². The lowest BCUT2D eigenvalue weighted by atomic mass is 9.95. The van der Waals surface area contributed by atoms with E-state index >= 15 is 0 Å². The summed E-state index contributed by atoms with van der Waals surface area (Å²) in [6.45, 7) is 0. The Balaban J connectivity index is 1.06. The summed E-state index contributed by atoms with van der Waals surface area (Å²) in [6, 6.07) is 80.7. The van der Waals surface area contributed by atoms with E-state index in [0.717, 1.165) is 55.7 Å². The molecule has 0 amide bonds. The van der Waals surface area contributed by atoms with Crippen molar-refractivity contribution in [1.29, 1.82) is 0 Å². The van der Waals surface area contributed by atoms with E-state index in [2.05, 4.69) is 223 Å². The molecule has 11 rings (SSSR count). The Morgan fingerprint density at radius 3 is 1.62 bits per heavy atom. The molecule has 0 atom stereocenters. The van der Waals surface area contributed by atoms with Gasteiger partial charge < -0.3 is 9.32 Å². The molecule has 58 heavy (non-hydrogen) atoms. The van der Waals surface area contributed by atoms with Crippen molar-refractivity contribution >= 4 is 60.5 Å². The van der Waals surface area contributed by atoms with Crippen LogP contribution in [0.3, 0.4) is 0 Å². The van der Waals surface area contributed by atoms with Gasteiger partial charge in [0.25, 0.3) is 0 Å². The van der Waals surface area contributed by atoms with Gasteiger partial charge in [0.05, 0.1) is 11.4 Å². The zero-order valence-corrected chi connectivity index (χ0v) is 31.7.